The standard InChI is InChI=1S/C13H20FNOS/c1-10(6-7-17-3)15-9-11-4-5-13(16-2)12(14)8-11/h4-5,8,10,15H,6-7,9H2,1-3H3. The summed E-state index contributed by atoms with van der Waals surface area (Å²) in [5.74, 6) is 1.14. The Morgan fingerprint density at radius 3 is 2.82 bits per heavy atom. The molecular formula is C13H20FNOS. The summed E-state index contributed by atoms with van der Waals surface area (Å²) in [6, 6.07) is 5.52. The lowest BCUT2D eigenvalue weighted by atomic mass is 10.2. The number of halogens is 1. The summed E-state index contributed by atoms with van der Waals surface area (Å²) in [5, 5.41) is 3.38. The highest BCUT2D eigenvalue weighted by atomic mass is 32.2. The summed E-state index contributed by atoms with van der Waals surface area (Å²) in [6.45, 7) is 2.84. The largest absolute Gasteiger partial charge is 0.494 e. The summed E-state index contributed by atoms with van der Waals surface area (Å²) < 4.78 is 18.3. The van der Waals surface area contributed by atoms with Gasteiger partial charge in [-0.05, 0) is 43.0 Å². The zero-order valence-electron chi connectivity index (χ0n) is 10.6. The van der Waals surface area contributed by atoms with Gasteiger partial charge in [0.2, 0.25) is 0 Å². The maximum atomic E-state index is 13.4. The lowest BCUT2D eigenvalue weighted by Gasteiger charge is -2.13. The molecule has 96 valence electrons. The van der Waals surface area contributed by atoms with Crippen LogP contribution in [-0.2, 0) is 6.54 Å². The Hall–Kier alpha value is -0.740. The van der Waals surface area contributed by atoms with Gasteiger partial charge in [-0.15, -0.1) is 0 Å². The molecule has 0 spiro atoms. The Morgan fingerprint density at radius 2 is 2.24 bits per heavy atom. The molecule has 17 heavy (non-hydrogen) atoms. The molecule has 0 aliphatic heterocycles. The summed E-state index contributed by atoms with van der Waals surface area (Å²) in [5.41, 5.74) is 0.944. The molecule has 0 saturated carbocycles. The number of hydrogen-bond donors (Lipinski definition) is 1. The Bertz CT molecular complexity index is 346. The van der Waals surface area contributed by atoms with Crippen LogP contribution in [0.4, 0.5) is 4.39 Å². The fraction of sp³-hybridized carbons (Fsp3) is 0.538. The minimum absolute atomic E-state index is 0.296. The van der Waals surface area contributed by atoms with E-state index >= 15 is 0 Å². The van der Waals surface area contributed by atoms with Crippen LogP contribution in [0.25, 0.3) is 0 Å². The SMILES string of the molecule is COc1ccc(CNC(C)CCSC)cc1F. The third kappa shape index (κ3) is 4.96. The Balaban J connectivity index is 2.44. The van der Waals surface area contributed by atoms with Gasteiger partial charge in [-0.3, -0.25) is 0 Å². The van der Waals surface area contributed by atoms with Crippen molar-refractivity contribution in [2.45, 2.75) is 25.9 Å². The third-order valence-electron chi connectivity index (χ3n) is 2.63. The fourth-order valence-corrected chi connectivity index (χ4v) is 2.10. The number of methoxy groups -OCH3 is 1. The lowest BCUT2D eigenvalue weighted by molar-refractivity contribution is 0.386. The van der Waals surface area contributed by atoms with Crippen molar-refractivity contribution in [3.05, 3.63) is 29.6 Å². The van der Waals surface area contributed by atoms with Crippen molar-refractivity contribution in [1.82, 2.24) is 5.32 Å². The molecule has 0 saturated heterocycles. The molecule has 0 aliphatic carbocycles. The van der Waals surface area contributed by atoms with Crippen LogP contribution in [0.1, 0.15) is 18.9 Å². The van der Waals surface area contributed by atoms with Gasteiger partial charge in [0.1, 0.15) is 0 Å². The first-order valence-corrected chi connectivity index (χ1v) is 7.11. The van der Waals surface area contributed by atoms with Gasteiger partial charge in [0.15, 0.2) is 11.6 Å². The minimum atomic E-state index is -0.302. The van der Waals surface area contributed by atoms with E-state index in [1.54, 1.807) is 6.07 Å². The van der Waals surface area contributed by atoms with Crippen LogP contribution in [0.15, 0.2) is 18.2 Å². The minimum Gasteiger partial charge on any atom is -0.494 e. The predicted octanol–water partition coefficient (Wildman–Crippen LogP) is 3.07. The van der Waals surface area contributed by atoms with Crippen LogP contribution in [0, 0.1) is 5.82 Å². The third-order valence-corrected chi connectivity index (χ3v) is 3.27. The topological polar surface area (TPSA) is 21.3 Å². The summed E-state index contributed by atoms with van der Waals surface area (Å²) in [4.78, 5) is 0. The number of rotatable bonds is 7. The van der Waals surface area contributed by atoms with E-state index in [1.165, 1.54) is 13.2 Å². The molecule has 0 radical (unpaired) electrons. The van der Waals surface area contributed by atoms with Crippen LogP contribution in [0.5, 0.6) is 5.75 Å². The lowest BCUT2D eigenvalue weighted by Crippen LogP contribution is -2.26. The smallest absolute Gasteiger partial charge is 0.165 e. The van der Waals surface area contributed by atoms with E-state index in [4.69, 9.17) is 4.74 Å². The first kappa shape index (κ1) is 14.3. The second kappa shape index (κ2) is 7.56. The van der Waals surface area contributed by atoms with Gasteiger partial charge in [-0.1, -0.05) is 6.07 Å². The van der Waals surface area contributed by atoms with Crippen molar-refractivity contribution < 1.29 is 9.13 Å². The van der Waals surface area contributed by atoms with E-state index in [2.05, 4.69) is 18.5 Å². The quantitative estimate of drug-likeness (QED) is 0.811. The molecule has 0 amide bonds. The van der Waals surface area contributed by atoms with E-state index in [0.29, 0.717) is 18.3 Å². The Kier molecular flexibility index (Phi) is 6.37. The second-order valence-electron chi connectivity index (χ2n) is 4.03. The zero-order chi connectivity index (χ0) is 12.7. The summed E-state index contributed by atoms with van der Waals surface area (Å²) in [7, 11) is 1.47. The monoisotopic (exact) mass is 257 g/mol. The zero-order valence-corrected chi connectivity index (χ0v) is 11.4. The molecule has 1 atom stereocenters. The molecule has 0 bridgehead atoms. The van der Waals surface area contributed by atoms with Crippen LogP contribution in [0.3, 0.4) is 0 Å². The molecule has 4 heteroatoms. The molecule has 2 nitrogen and oxygen atoms in total. The molecule has 0 aromatic heterocycles. The predicted molar refractivity (Wildman–Crippen MR) is 72.3 cm³/mol. The van der Waals surface area contributed by atoms with Crippen molar-refractivity contribution in [3.63, 3.8) is 0 Å². The van der Waals surface area contributed by atoms with Gasteiger partial charge in [0.05, 0.1) is 7.11 Å². The highest BCUT2D eigenvalue weighted by Crippen LogP contribution is 2.17. The average molecular weight is 257 g/mol. The van der Waals surface area contributed by atoms with Crippen LogP contribution >= 0.6 is 11.8 Å². The molecule has 1 aromatic rings. The summed E-state index contributed by atoms with van der Waals surface area (Å²) >= 11 is 1.84. The van der Waals surface area contributed by atoms with E-state index in [1.807, 2.05) is 17.8 Å². The van der Waals surface area contributed by atoms with E-state index < -0.39 is 0 Å². The van der Waals surface area contributed by atoms with Crippen LogP contribution < -0.4 is 10.1 Å². The Labute approximate surface area is 107 Å². The fourth-order valence-electron chi connectivity index (χ4n) is 1.51. The molecule has 1 rings (SSSR count). The molecule has 0 heterocycles. The van der Waals surface area contributed by atoms with Gasteiger partial charge < -0.3 is 10.1 Å². The van der Waals surface area contributed by atoms with Crippen molar-refractivity contribution >= 4 is 11.8 Å². The molecule has 1 unspecified atom stereocenters. The second-order valence-corrected chi connectivity index (χ2v) is 5.02. The molecular weight excluding hydrogens is 237 g/mol. The number of thioether (sulfide) groups is 1. The van der Waals surface area contributed by atoms with Crippen molar-refractivity contribution in [3.8, 4) is 5.75 Å². The van der Waals surface area contributed by atoms with E-state index in [-0.39, 0.29) is 5.82 Å². The first-order chi connectivity index (χ1) is 8.17. The van der Waals surface area contributed by atoms with Gasteiger partial charge in [-0.25, -0.2) is 4.39 Å². The number of ether oxygens (including phenoxy) is 1. The number of benzene rings is 1. The van der Waals surface area contributed by atoms with Crippen molar-refractivity contribution in [2.24, 2.45) is 0 Å². The van der Waals surface area contributed by atoms with Crippen molar-refractivity contribution in [2.75, 3.05) is 19.1 Å². The highest BCUT2D eigenvalue weighted by Gasteiger charge is 2.05. The van der Waals surface area contributed by atoms with Gasteiger partial charge in [0.25, 0.3) is 0 Å². The van der Waals surface area contributed by atoms with Gasteiger partial charge in [-0.2, -0.15) is 11.8 Å². The maximum absolute atomic E-state index is 13.4. The summed E-state index contributed by atoms with van der Waals surface area (Å²) in [6.07, 6.45) is 3.23. The molecule has 1 N–H and O–H groups in total. The normalized spacial score (nSPS) is 12.5. The molecule has 0 aliphatic rings. The van der Waals surface area contributed by atoms with Gasteiger partial charge in [0, 0.05) is 12.6 Å². The average Bonchev–Trinajstić information content (AvgIpc) is 2.34. The molecule has 1 aromatic carbocycles. The van der Waals surface area contributed by atoms with Crippen LogP contribution in [0.2, 0.25) is 0 Å². The number of hydrogen-bond acceptors (Lipinski definition) is 3. The van der Waals surface area contributed by atoms with Crippen molar-refractivity contribution in [1.29, 1.82) is 0 Å². The van der Waals surface area contributed by atoms with E-state index in [0.717, 1.165) is 17.7 Å². The Morgan fingerprint density at radius 1 is 1.47 bits per heavy atom. The van der Waals surface area contributed by atoms with E-state index in [9.17, 15) is 4.39 Å². The first-order valence-electron chi connectivity index (χ1n) is 5.72. The number of nitrogens with one attached hydrogen (secondary N) is 1. The van der Waals surface area contributed by atoms with Gasteiger partial charge >= 0.3 is 0 Å². The molecule has 0 fully saturated rings. The highest BCUT2D eigenvalue weighted by molar-refractivity contribution is 7.98. The maximum Gasteiger partial charge on any atom is 0.165 e. The van der Waals surface area contributed by atoms with Crippen LogP contribution in [-0.4, -0.2) is 25.2 Å².